The van der Waals surface area contributed by atoms with Crippen LogP contribution in [0.15, 0.2) is 6.20 Å². The molecule has 1 atom stereocenters. The number of aromatic nitrogens is 2. The minimum Gasteiger partial charge on any atom is -0.383 e. The monoisotopic (exact) mass is 289 g/mol. The minimum absolute atomic E-state index is 0.0370. The standard InChI is InChI=1S/C12H20ClN3O3/c1-14-10(7-11-18-5-6-19-11)12-9(13)8-15-16(12)3-4-17-2/h8,10-11,14H,3-7H2,1-2H3. The summed E-state index contributed by atoms with van der Waals surface area (Å²) in [7, 11) is 3.56. The fourth-order valence-corrected chi connectivity index (χ4v) is 2.45. The van der Waals surface area contributed by atoms with Gasteiger partial charge in [0.2, 0.25) is 0 Å². The highest BCUT2D eigenvalue weighted by Crippen LogP contribution is 2.27. The van der Waals surface area contributed by atoms with Crippen LogP contribution in [0.4, 0.5) is 0 Å². The van der Waals surface area contributed by atoms with Gasteiger partial charge < -0.3 is 19.5 Å². The van der Waals surface area contributed by atoms with Crippen molar-refractivity contribution in [1.29, 1.82) is 0 Å². The molecule has 6 nitrogen and oxygen atoms in total. The van der Waals surface area contributed by atoms with Crippen molar-refractivity contribution in [2.45, 2.75) is 25.3 Å². The summed E-state index contributed by atoms with van der Waals surface area (Å²) in [5.41, 5.74) is 0.945. The van der Waals surface area contributed by atoms with E-state index in [2.05, 4.69) is 10.4 Å². The number of methoxy groups -OCH3 is 1. The first-order chi connectivity index (χ1) is 9.26. The molecule has 1 aromatic heterocycles. The third-order valence-corrected chi connectivity index (χ3v) is 3.43. The van der Waals surface area contributed by atoms with E-state index in [0.717, 1.165) is 5.69 Å². The SMILES string of the molecule is CNC(CC1OCCO1)c1c(Cl)cnn1CCOC. The number of hydrogen-bond donors (Lipinski definition) is 1. The van der Waals surface area contributed by atoms with Crippen molar-refractivity contribution >= 4 is 11.6 Å². The fraction of sp³-hybridized carbons (Fsp3) is 0.750. The van der Waals surface area contributed by atoms with Crippen LogP contribution in [0.5, 0.6) is 0 Å². The maximum absolute atomic E-state index is 6.24. The first kappa shape index (κ1) is 14.7. The number of ether oxygens (including phenoxy) is 3. The van der Waals surface area contributed by atoms with Crippen molar-refractivity contribution < 1.29 is 14.2 Å². The Morgan fingerprint density at radius 1 is 1.58 bits per heavy atom. The van der Waals surface area contributed by atoms with Gasteiger partial charge >= 0.3 is 0 Å². The van der Waals surface area contributed by atoms with Gasteiger partial charge in [0.25, 0.3) is 0 Å². The topological polar surface area (TPSA) is 57.5 Å². The normalized spacial score (nSPS) is 18.1. The smallest absolute Gasteiger partial charge is 0.159 e. The van der Waals surface area contributed by atoms with Crippen LogP contribution in [0.1, 0.15) is 18.2 Å². The van der Waals surface area contributed by atoms with Crippen LogP contribution in [0, 0.1) is 0 Å². The van der Waals surface area contributed by atoms with E-state index in [1.807, 2.05) is 11.7 Å². The van der Waals surface area contributed by atoms with Crippen molar-refractivity contribution in [1.82, 2.24) is 15.1 Å². The molecule has 0 amide bonds. The van der Waals surface area contributed by atoms with Crippen molar-refractivity contribution in [3.05, 3.63) is 16.9 Å². The van der Waals surface area contributed by atoms with Gasteiger partial charge in [0.1, 0.15) is 0 Å². The van der Waals surface area contributed by atoms with Gasteiger partial charge in [0, 0.05) is 13.5 Å². The maximum atomic E-state index is 6.24. The third kappa shape index (κ3) is 3.67. The Labute approximate surface area is 118 Å². The second-order valence-corrected chi connectivity index (χ2v) is 4.75. The number of rotatable bonds is 7. The van der Waals surface area contributed by atoms with Crippen molar-refractivity contribution in [3.8, 4) is 0 Å². The molecular weight excluding hydrogens is 270 g/mol. The van der Waals surface area contributed by atoms with Crippen LogP contribution in [0.25, 0.3) is 0 Å². The quantitative estimate of drug-likeness (QED) is 0.817. The molecule has 0 saturated carbocycles. The van der Waals surface area contributed by atoms with Gasteiger partial charge in [0.15, 0.2) is 6.29 Å². The molecule has 19 heavy (non-hydrogen) atoms. The molecule has 0 radical (unpaired) electrons. The van der Waals surface area contributed by atoms with E-state index >= 15 is 0 Å². The third-order valence-electron chi connectivity index (χ3n) is 3.14. The van der Waals surface area contributed by atoms with Gasteiger partial charge in [-0.2, -0.15) is 5.10 Å². The second-order valence-electron chi connectivity index (χ2n) is 4.34. The Morgan fingerprint density at radius 2 is 2.32 bits per heavy atom. The van der Waals surface area contributed by atoms with Gasteiger partial charge in [-0.3, -0.25) is 4.68 Å². The van der Waals surface area contributed by atoms with Crippen LogP contribution in [0.2, 0.25) is 5.02 Å². The predicted molar refractivity (Wildman–Crippen MR) is 71.2 cm³/mol. The minimum atomic E-state index is -0.181. The van der Waals surface area contributed by atoms with Gasteiger partial charge in [-0.25, -0.2) is 0 Å². The van der Waals surface area contributed by atoms with E-state index in [4.69, 9.17) is 25.8 Å². The van der Waals surface area contributed by atoms with E-state index in [0.29, 0.717) is 37.8 Å². The summed E-state index contributed by atoms with van der Waals surface area (Å²) in [4.78, 5) is 0. The molecule has 1 aliphatic rings. The Morgan fingerprint density at radius 3 is 2.95 bits per heavy atom. The lowest BCUT2D eigenvalue weighted by molar-refractivity contribution is -0.0531. The number of nitrogens with one attached hydrogen (secondary N) is 1. The summed E-state index contributed by atoms with van der Waals surface area (Å²) in [6, 6.07) is 0.0370. The van der Waals surface area contributed by atoms with Gasteiger partial charge in [-0.1, -0.05) is 11.6 Å². The summed E-state index contributed by atoms with van der Waals surface area (Å²) < 4.78 is 17.9. The molecule has 7 heteroatoms. The highest BCUT2D eigenvalue weighted by molar-refractivity contribution is 6.31. The predicted octanol–water partition coefficient (Wildman–Crippen LogP) is 1.21. The molecule has 0 aromatic carbocycles. The Hall–Kier alpha value is -0.660. The molecule has 0 aliphatic carbocycles. The lowest BCUT2D eigenvalue weighted by Gasteiger charge is -2.21. The zero-order valence-electron chi connectivity index (χ0n) is 11.3. The molecule has 108 valence electrons. The number of hydrogen-bond acceptors (Lipinski definition) is 5. The van der Waals surface area contributed by atoms with E-state index < -0.39 is 0 Å². The van der Waals surface area contributed by atoms with Crippen LogP contribution in [-0.2, 0) is 20.8 Å². The van der Waals surface area contributed by atoms with E-state index in [9.17, 15) is 0 Å². The molecule has 0 spiro atoms. The Bertz CT molecular complexity index is 394. The average molecular weight is 290 g/mol. The molecule has 1 fully saturated rings. The molecule has 2 rings (SSSR count). The zero-order valence-corrected chi connectivity index (χ0v) is 12.0. The van der Waals surface area contributed by atoms with Crippen LogP contribution >= 0.6 is 11.6 Å². The fourth-order valence-electron chi connectivity index (χ4n) is 2.18. The molecule has 1 aromatic rings. The Balaban J connectivity index is 2.09. The summed E-state index contributed by atoms with van der Waals surface area (Å²) in [6.07, 6.45) is 2.18. The zero-order chi connectivity index (χ0) is 13.7. The van der Waals surface area contributed by atoms with Crippen LogP contribution in [0.3, 0.4) is 0 Å². The average Bonchev–Trinajstić information content (AvgIpc) is 3.04. The number of nitrogens with zero attached hydrogens (tertiary/aromatic N) is 2. The lowest BCUT2D eigenvalue weighted by Crippen LogP contribution is -2.26. The van der Waals surface area contributed by atoms with Gasteiger partial charge in [-0.05, 0) is 7.05 Å². The summed E-state index contributed by atoms with van der Waals surface area (Å²) in [5.74, 6) is 0. The first-order valence-corrected chi connectivity index (χ1v) is 6.74. The molecular formula is C12H20ClN3O3. The molecule has 1 N–H and O–H groups in total. The molecule has 0 bridgehead atoms. The van der Waals surface area contributed by atoms with Gasteiger partial charge in [-0.15, -0.1) is 0 Å². The summed E-state index contributed by atoms with van der Waals surface area (Å²) >= 11 is 6.24. The highest BCUT2D eigenvalue weighted by Gasteiger charge is 2.25. The Kier molecular flexibility index (Phi) is 5.59. The van der Waals surface area contributed by atoms with Gasteiger partial charge in [0.05, 0.1) is 49.3 Å². The summed E-state index contributed by atoms with van der Waals surface area (Å²) in [6.45, 7) is 2.57. The van der Waals surface area contributed by atoms with Crippen LogP contribution < -0.4 is 5.32 Å². The summed E-state index contributed by atoms with van der Waals surface area (Å²) in [5, 5.41) is 8.17. The largest absolute Gasteiger partial charge is 0.383 e. The van der Waals surface area contributed by atoms with E-state index in [1.54, 1.807) is 13.3 Å². The maximum Gasteiger partial charge on any atom is 0.159 e. The van der Waals surface area contributed by atoms with Crippen molar-refractivity contribution in [2.24, 2.45) is 0 Å². The lowest BCUT2D eigenvalue weighted by atomic mass is 10.1. The molecule has 1 saturated heterocycles. The van der Waals surface area contributed by atoms with E-state index in [-0.39, 0.29) is 12.3 Å². The molecule has 1 aliphatic heterocycles. The highest BCUT2D eigenvalue weighted by atomic mass is 35.5. The van der Waals surface area contributed by atoms with Crippen molar-refractivity contribution in [3.63, 3.8) is 0 Å². The molecule has 1 unspecified atom stereocenters. The second kappa shape index (κ2) is 7.21. The van der Waals surface area contributed by atoms with Crippen molar-refractivity contribution in [2.75, 3.05) is 34.0 Å². The number of halogens is 1. The van der Waals surface area contributed by atoms with E-state index in [1.165, 1.54) is 0 Å². The molecule has 2 heterocycles. The first-order valence-electron chi connectivity index (χ1n) is 6.37. The van der Waals surface area contributed by atoms with Crippen LogP contribution in [-0.4, -0.2) is 50.0 Å².